The molecule has 1 N–H and O–H groups in total. The molecule has 186 valence electrons. The number of amides is 1. The van der Waals surface area contributed by atoms with E-state index >= 15 is 0 Å². The summed E-state index contributed by atoms with van der Waals surface area (Å²) in [4.78, 5) is 15.7. The standard InChI is InChI=1S/C22H31F4N3O3S/c1-33(31,32)15-21(30)27-18-5-2-16(3-6-18)8-9-28-10-12-29(13-11-28)20-14-17(22(24,25)26)4-7-19(20)23/h4,7,14,16,18H,2-3,5-6,8-13,15H2,1H3,(H,27,30)/t16-,18-. The van der Waals surface area contributed by atoms with E-state index in [1.807, 2.05) is 0 Å². The number of benzene rings is 1. The summed E-state index contributed by atoms with van der Waals surface area (Å²) in [7, 11) is -3.33. The molecule has 0 unspecified atom stereocenters. The molecule has 2 aliphatic rings. The number of piperazine rings is 1. The summed E-state index contributed by atoms with van der Waals surface area (Å²) >= 11 is 0. The van der Waals surface area contributed by atoms with Crippen molar-refractivity contribution in [1.29, 1.82) is 0 Å². The van der Waals surface area contributed by atoms with Crippen LogP contribution in [0.25, 0.3) is 0 Å². The van der Waals surface area contributed by atoms with Gasteiger partial charge in [0.2, 0.25) is 5.91 Å². The van der Waals surface area contributed by atoms with Crippen molar-refractivity contribution in [1.82, 2.24) is 10.2 Å². The monoisotopic (exact) mass is 493 g/mol. The summed E-state index contributed by atoms with van der Waals surface area (Å²) in [6.07, 6.45) is 1.09. The molecular formula is C22H31F4N3O3S. The van der Waals surface area contributed by atoms with Crippen LogP contribution in [-0.4, -0.2) is 70.0 Å². The van der Waals surface area contributed by atoms with E-state index < -0.39 is 39.1 Å². The number of nitrogens with zero attached hydrogens (tertiary/aromatic N) is 2. The maximum atomic E-state index is 14.1. The topological polar surface area (TPSA) is 69.7 Å². The fraction of sp³-hybridized carbons (Fsp3) is 0.682. The number of carbonyl (C=O) groups is 1. The van der Waals surface area contributed by atoms with Gasteiger partial charge in [0.1, 0.15) is 11.6 Å². The van der Waals surface area contributed by atoms with Crippen LogP contribution < -0.4 is 10.2 Å². The molecule has 1 heterocycles. The van der Waals surface area contributed by atoms with Gasteiger partial charge in [0.25, 0.3) is 0 Å². The minimum absolute atomic E-state index is 0.000664. The Kier molecular flexibility index (Phi) is 8.26. The number of halogens is 4. The first kappa shape index (κ1) is 25.7. The van der Waals surface area contributed by atoms with E-state index in [0.29, 0.717) is 32.1 Å². The van der Waals surface area contributed by atoms with E-state index in [-0.39, 0.29) is 11.7 Å². The molecule has 6 nitrogen and oxygen atoms in total. The number of nitrogens with one attached hydrogen (secondary N) is 1. The Morgan fingerprint density at radius 3 is 2.30 bits per heavy atom. The molecule has 0 aromatic heterocycles. The van der Waals surface area contributed by atoms with Gasteiger partial charge in [-0.05, 0) is 62.8 Å². The largest absolute Gasteiger partial charge is 0.416 e. The van der Waals surface area contributed by atoms with E-state index in [1.54, 1.807) is 4.90 Å². The van der Waals surface area contributed by atoms with Crippen LogP contribution in [0.5, 0.6) is 0 Å². The average Bonchev–Trinajstić information content (AvgIpc) is 2.72. The minimum atomic E-state index is -4.50. The molecule has 1 aromatic carbocycles. The summed E-state index contributed by atoms with van der Waals surface area (Å²) in [6.45, 7) is 3.13. The summed E-state index contributed by atoms with van der Waals surface area (Å²) in [5, 5.41) is 2.80. The predicted molar refractivity (Wildman–Crippen MR) is 118 cm³/mol. The lowest BCUT2D eigenvalue weighted by Gasteiger charge is -2.37. The normalized spacial score (nSPS) is 22.9. The third-order valence-corrected chi connectivity index (χ3v) is 7.23. The minimum Gasteiger partial charge on any atom is -0.367 e. The molecule has 1 amide bonds. The number of alkyl halides is 3. The second-order valence-corrected chi connectivity index (χ2v) is 11.3. The first-order valence-electron chi connectivity index (χ1n) is 11.2. The zero-order valence-electron chi connectivity index (χ0n) is 18.7. The lowest BCUT2D eigenvalue weighted by atomic mass is 9.84. The summed E-state index contributed by atoms with van der Waals surface area (Å²) in [5.41, 5.74) is -0.842. The van der Waals surface area contributed by atoms with Gasteiger partial charge in [0, 0.05) is 38.5 Å². The van der Waals surface area contributed by atoms with Gasteiger partial charge in [0.05, 0.1) is 11.3 Å². The lowest BCUT2D eigenvalue weighted by Crippen LogP contribution is -2.47. The van der Waals surface area contributed by atoms with Crippen molar-refractivity contribution in [2.75, 3.05) is 49.6 Å². The van der Waals surface area contributed by atoms with E-state index in [1.165, 1.54) is 0 Å². The lowest BCUT2D eigenvalue weighted by molar-refractivity contribution is -0.137. The molecule has 1 saturated heterocycles. The van der Waals surface area contributed by atoms with Gasteiger partial charge in [-0.2, -0.15) is 13.2 Å². The van der Waals surface area contributed by atoms with Gasteiger partial charge < -0.3 is 10.2 Å². The molecule has 33 heavy (non-hydrogen) atoms. The highest BCUT2D eigenvalue weighted by Gasteiger charge is 2.32. The predicted octanol–water partition coefficient (Wildman–Crippen LogP) is 3.08. The van der Waals surface area contributed by atoms with E-state index in [9.17, 15) is 30.8 Å². The number of rotatable bonds is 7. The second-order valence-electron chi connectivity index (χ2n) is 9.14. The highest BCUT2D eigenvalue weighted by molar-refractivity contribution is 7.91. The molecule has 0 radical (unpaired) electrons. The van der Waals surface area contributed by atoms with Gasteiger partial charge >= 0.3 is 6.18 Å². The van der Waals surface area contributed by atoms with E-state index in [2.05, 4.69) is 10.2 Å². The first-order valence-corrected chi connectivity index (χ1v) is 13.3. The molecule has 1 aromatic rings. The molecule has 0 bridgehead atoms. The van der Waals surface area contributed by atoms with Gasteiger partial charge in [0.15, 0.2) is 9.84 Å². The Bertz CT molecular complexity index is 923. The van der Waals surface area contributed by atoms with E-state index in [4.69, 9.17) is 0 Å². The van der Waals surface area contributed by atoms with Crippen LogP contribution in [0.2, 0.25) is 0 Å². The van der Waals surface area contributed by atoms with Crippen molar-refractivity contribution in [2.45, 2.75) is 44.3 Å². The Hall–Kier alpha value is -1.88. The fourth-order valence-electron chi connectivity index (χ4n) is 4.61. The molecule has 3 rings (SSSR count). The molecule has 1 aliphatic heterocycles. The maximum absolute atomic E-state index is 14.1. The van der Waals surface area contributed by atoms with Crippen molar-refractivity contribution < 1.29 is 30.8 Å². The molecular weight excluding hydrogens is 462 g/mol. The SMILES string of the molecule is CS(=O)(=O)CC(=O)N[C@H]1CC[C@H](CCN2CCN(c3cc(C(F)(F)F)ccc3F)CC2)CC1. The average molecular weight is 494 g/mol. The van der Waals surface area contributed by atoms with Crippen LogP contribution in [0.3, 0.4) is 0 Å². The van der Waals surface area contributed by atoms with Gasteiger partial charge in [-0.15, -0.1) is 0 Å². The Labute approximate surface area is 192 Å². The zero-order valence-corrected chi connectivity index (χ0v) is 19.5. The summed E-state index contributed by atoms with van der Waals surface area (Å²) in [5.74, 6) is -1.05. The Morgan fingerprint density at radius 1 is 1.09 bits per heavy atom. The second kappa shape index (κ2) is 10.6. The molecule has 1 aliphatic carbocycles. The maximum Gasteiger partial charge on any atom is 0.416 e. The van der Waals surface area contributed by atoms with Crippen LogP contribution in [0.1, 0.15) is 37.7 Å². The first-order chi connectivity index (χ1) is 15.4. The van der Waals surface area contributed by atoms with Crippen LogP contribution in [-0.2, 0) is 20.8 Å². The van der Waals surface area contributed by atoms with Crippen LogP contribution >= 0.6 is 0 Å². The van der Waals surface area contributed by atoms with Gasteiger partial charge in [-0.25, -0.2) is 12.8 Å². The third kappa shape index (κ3) is 7.84. The van der Waals surface area contributed by atoms with Crippen molar-refractivity contribution in [2.24, 2.45) is 5.92 Å². The number of hydrogen-bond donors (Lipinski definition) is 1. The highest BCUT2D eigenvalue weighted by Crippen LogP contribution is 2.33. The number of hydrogen-bond acceptors (Lipinski definition) is 5. The molecule has 0 atom stereocenters. The summed E-state index contributed by atoms with van der Waals surface area (Å²) < 4.78 is 75.5. The molecule has 1 saturated carbocycles. The van der Waals surface area contributed by atoms with Gasteiger partial charge in [-0.1, -0.05) is 0 Å². The van der Waals surface area contributed by atoms with E-state index in [0.717, 1.165) is 63.1 Å². The van der Waals surface area contributed by atoms with Crippen molar-refractivity contribution in [3.05, 3.63) is 29.6 Å². The number of anilines is 1. The van der Waals surface area contributed by atoms with Crippen LogP contribution in [0.4, 0.5) is 23.2 Å². The molecule has 11 heteroatoms. The smallest absolute Gasteiger partial charge is 0.367 e. The van der Waals surface area contributed by atoms with Gasteiger partial charge in [-0.3, -0.25) is 9.69 Å². The number of carbonyl (C=O) groups excluding carboxylic acids is 1. The highest BCUT2D eigenvalue weighted by atomic mass is 32.2. The van der Waals surface area contributed by atoms with Crippen LogP contribution in [0.15, 0.2) is 18.2 Å². The Morgan fingerprint density at radius 2 is 1.73 bits per heavy atom. The molecule has 2 fully saturated rings. The quantitative estimate of drug-likeness (QED) is 0.592. The fourth-order valence-corrected chi connectivity index (χ4v) is 5.17. The number of sulfone groups is 1. The Balaban J connectivity index is 1.39. The van der Waals surface area contributed by atoms with Crippen molar-refractivity contribution >= 4 is 21.4 Å². The molecule has 0 spiro atoms. The summed E-state index contributed by atoms with van der Waals surface area (Å²) in [6, 6.07) is 2.55. The van der Waals surface area contributed by atoms with Crippen molar-refractivity contribution in [3.63, 3.8) is 0 Å². The van der Waals surface area contributed by atoms with Crippen LogP contribution in [0, 0.1) is 11.7 Å². The zero-order chi connectivity index (χ0) is 24.2. The third-order valence-electron chi connectivity index (χ3n) is 6.45. The van der Waals surface area contributed by atoms with Crippen molar-refractivity contribution in [3.8, 4) is 0 Å².